The van der Waals surface area contributed by atoms with E-state index in [4.69, 9.17) is 4.74 Å². The van der Waals surface area contributed by atoms with Crippen LogP contribution in [0.4, 0.5) is 0 Å². The van der Waals surface area contributed by atoms with Crippen molar-refractivity contribution in [2.75, 3.05) is 39.9 Å². The Hall–Kier alpha value is -1.43. The minimum absolute atomic E-state index is 0.234. The highest BCUT2D eigenvalue weighted by Crippen LogP contribution is 2.13. The van der Waals surface area contributed by atoms with Crippen molar-refractivity contribution >= 4 is 5.97 Å². The second-order valence-corrected chi connectivity index (χ2v) is 5.75. The van der Waals surface area contributed by atoms with Crippen LogP contribution in [0.1, 0.15) is 29.3 Å². The monoisotopic (exact) mass is 306 g/mol. The molecule has 0 saturated carbocycles. The SMILES string of the molecule is CCC(CO)N1CCN(Cc2cccc(C(=O)OC)c2)CC1. The standard InChI is InChI=1S/C17H26N2O3/c1-3-16(13-20)19-9-7-18(8-10-19)12-14-5-4-6-15(11-14)17(21)22-2/h4-6,11,16,20H,3,7-10,12-13H2,1-2H3. The van der Waals surface area contributed by atoms with E-state index in [0.717, 1.165) is 44.7 Å². The highest BCUT2D eigenvalue weighted by molar-refractivity contribution is 5.89. The molecule has 1 heterocycles. The van der Waals surface area contributed by atoms with Crippen molar-refractivity contribution in [2.45, 2.75) is 25.9 Å². The van der Waals surface area contributed by atoms with Gasteiger partial charge in [0.05, 0.1) is 19.3 Å². The molecule has 1 aliphatic heterocycles. The molecule has 0 amide bonds. The Kier molecular flexibility index (Phi) is 6.36. The minimum Gasteiger partial charge on any atom is -0.465 e. The highest BCUT2D eigenvalue weighted by Gasteiger charge is 2.22. The number of aliphatic hydroxyl groups is 1. The van der Waals surface area contributed by atoms with Gasteiger partial charge in [0, 0.05) is 38.8 Å². The average Bonchev–Trinajstić information content (AvgIpc) is 2.57. The molecule has 5 nitrogen and oxygen atoms in total. The largest absolute Gasteiger partial charge is 0.465 e. The number of ether oxygens (including phenoxy) is 1. The second-order valence-electron chi connectivity index (χ2n) is 5.75. The Labute approximate surface area is 132 Å². The van der Waals surface area contributed by atoms with E-state index in [9.17, 15) is 9.90 Å². The Bertz CT molecular complexity index is 481. The summed E-state index contributed by atoms with van der Waals surface area (Å²) in [6.07, 6.45) is 0.984. The van der Waals surface area contributed by atoms with E-state index in [2.05, 4.69) is 16.7 Å². The van der Waals surface area contributed by atoms with Crippen molar-refractivity contribution in [1.82, 2.24) is 9.80 Å². The van der Waals surface area contributed by atoms with E-state index in [1.54, 1.807) is 6.07 Å². The van der Waals surface area contributed by atoms with Gasteiger partial charge in [0.25, 0.3) is 0 Å². The van der Waals surface area contributed by atoms with Gasteiger partial charge in [-0.15, -0.1) is 0 Å². The minimum atomic E-state index is -0.291. The number of hydrogen-bond donors (Lipinski definition) is 1. The van der Waals surface area contributed by atoms with Crippen molar-refractivity contribution in [3.05, 3.63) is 35.4 Å². The van der Waals surface area contributed by atoms with Crippen LogP contribution in [0.5, 0.6) is 0 Å². The Balaban J connectivity index is 1.89. The van der Waals surface area contributed by atoms with Crippen LogP contribution in [0.25, 0.3) is 0 Å². The number of benzene rings is 1. The number of rotatable bonds is 6. The molecular weight excluding hydrogens is 280 g/mol. The van der Waals surface area contributed by atoms with Gasteiger partial charge in [0.2, 0.25) is 0 Å². The number of methoxy groups -OCH3 is 1. The molecule has 1 saturated heterocycles. The molecule has 0 aliphatic carbocycles. The molecule has 1 unspecified atom stereocenters. The van der Waals surface area contributed by atoms with E-state index in [1.165, 1.54) is 7.11 Å². The molecule has 0 aromatic heterocycles. The van der Waals surface area contributed by atoms with Gasteiger partial charge in [-0.2, -0.15) is 0 Å². The van der Waals surface area contributed by atoms with E-state index < -0.39 is 0 Å². The number of esters is 1. The fraction of sp³-hybridized carbons (Fsp3) is 0.588. The Morgan fingerprint density at radius 1 is 1.32 bits per heavy atom. The lowest BCUT2D eigenvalue weighted by Crippen LogP contribution is -2.50. The summed E-state index contributed by atoms with van der Waals surface area (Å²) < 4.78 is 4.76. The Morgan fingerprint density at radius 3 is 2.64 bits per heavy atom. The molecule has 1 aliphatic rings. The van der Waals surface area contributed by atoms with Crippen molar-refractivity contribution in [2.24, 2.45) is 0 Å². The van der Waals surface area contributed by atoms with Crippen molar-refractivity contribution in [3.8, 4) is 0 Å². The molecule has 1 N–H and O–H groups in total. The zero-order chi connectivity index (χ0) is 15.9. The quantitative estimate of drug-likeness (QED) is 0.804. The molecule has 1 aromatic carbocycles. The van der Waals surface area contributed by atoms with Crippen LogP contribution in [0.2, 0.25) is 0 Å². The van der Waals surface area contributed by atoms with Gasteiger partial charge < -0.3 is 9.84 Å². The summed E-state index contributed by atoms with van der Waals surface area (Å²) in [5.41, 5.74) is 1.73. The third kappa shape index (κ3) is 4.29. The smallest absolute Gasteiger partial charge is 0.337 e. The van der Waals surface area contributed by atoms with Crippen LogP contribution in [-0.4, -0.2) is 66.8 Å². The zero-order valence-electron chi connectivity index (χ0n) is 13.5. The van der Waals surface area contributed by atoms with Gasteiger partial charge in [0.1, 0.15) is 0 Å². The van der Waals surface area contributed by atoms with E-state index in [-0.39, 0.29) is 18.6 Å². The molecule has 2 rings (SSSR count). The molecule has 5 heteroatoms. The van der Waals surface area contributed by atoms with Crippen LogP contribution in [0, 0.1) is 0 Å². The summed E-state index contributed by atoms with van der Waals surface area (Å²) in [6, 6.07) is 7.91. The lowest BCUT2D eigenvalue weighted by Gasteiger charge is -2.38. The molecule has 0 radical (unpaired) electrons. The normalized spacial score (nSPS) is 18.1. The summed E-state index contributed by atoms with van der Waals surface area (Å²) >= 11 is 0. The van der Waals surface area contributed by atoms with Gasteiger partial charge in [-0.05, 0) is 24.1 Å². The maximum Gasteiger partial charge on any atom is 0.337 e. The van der Waals surface area contributed by atoms with Gasteiger partial charge >= 0.3 is 5.97 Å². The number of nitrogens with zero attached hydrogens (tertiary/aromatic N) is 2. The number of aliphatic hydroxyl groups excluding tert-OH is 1. The van der Waals surface area contributed by atoms with Crippen LogP contribution < -0.4 is 0 Å². The van der Waals surface area contributed by atoms with Crippen LogP contribution in [0.15, 0.2) is 24.3 Å². The Morgan fingerprint density at radius 2 is 2.05 bits per heavy atom. The first-order chi connectivity index (χ1) is 10.7. The molecular formula is C17H26N2O3. The fourth-order valence-corrected chi connectivity index (χ4v) is 2.96. The lowest BCUT2D eigenvalue weighted by atomic mass is 10.1. The summed E-state index contributed by atoms with van der Waals surface area (Å²) in [5, 5.41) is 9.39. The number of piperazine rings is 1. The summed E-state index contributed by atoms with van der Waals surface area (Å²) in [4.78, 5) is 16.3. The third-order valence-electron chi connectivity index (χ3n) is 4.36. The number of carbonyl (C=O) groups is 1. The summed E-state index contributed by atoms with van der Waals surface area (Å²) in [5.74, 6) is -0.291. The maximum absolute atomic E-state index is 11.6. The maximum atomic E-state index is 11.6. The zero-order valence-corrected chi connectivity index (χ0v) is 13.5. The summed E-state index contributed by atoms with van der Waals surface area (Å²) in [7, 11) is 1.40. The van der Waals surface area contributed by atoms with Gasteiger partial charge in [0.15, 0.2) is 0 Å². The van der Waals surface area contributed by atoms with Crippen molar-refractivity contribution < 1.29 is 14.6 Å². The fourth-order valence-electron chi connectivity index (χ4n) is 2.96. The first kappa shape index (κ1) is 16.9. The van der Waals surface area contributed by atoms with Crippen LogP contribution in [-0.2, 0) is 11.3 Å². The summed E-state index contributed by atoms with van der Waals surface area (Å²) in [6.45, 7) is 7.13. The number of hydrogen-bond acceptors (Lipinski definition) is 5. The van der Waals surface area contributed by atoms with Gasteiger partial charge in [-0.3, -0.25) is 9.80 Å². The first-order valence-electron chi connectivity index (χ1n) is 7.92. The van der Waals surface area contributed by atoms with Crippen LogP contribution >= 0.6 is 0 Å². The second kappa shape index (κ2) is 8.27. The highest BCUT2D eigenvalue weighted by atomic mass is 16.5. The van der Waals surface area contributed by atoms with E-state index in [1.807, 2.05) is 18.2 Å². The molecule has 22 heavy (non-hydrogen) atoms. The van der Waals surface area contributed by atoms with E-state index in [0.29, 0.717) is 5.56 Å². The molecule has 1 aromatic rings. The predicted molar refractivity (Wildman–Crippen MR) is 85.8 cm³/mol. The van der Waals surface area contributed by atoms with Crippen molar-refractivity contribution in [1.29, 1.82) is 0 Å². The van der Waals surface area contributed by atoms with Gasteiger partial charge in [-0.1, -0.05) is 19.1 Å². The lowest BCUT2D eigenvalue weighted by molar-refractivity contribution is 0.0596. The molecule has 1 atom stereocenters. The topological polar surface area (TPSA) is 53.0 Å². The molecule has 0 spiro atoms. The first-order valence-corrected chi connectivity index (χ1v) is 7.92. The van der Waals surface area contributed by atoms with Gasteiger partial charge in [-0.25, -0.2) is 4.79 Å². The van der Waals surface area contributed by atoms with E-state index >= 15 is 0 Å². The molecule has 1 fully saturated rings. The average molecular weight is 306 g/mol. The molecule has 122 valence electrons. The van der Waals surface area contributed by atoms with Crippen LogP contribution in [0.3, 0.4) is 0 Å². The number of carbonyl (C=O) groups excluding carboxylic acids is 1. The third-order valence-corrected chi connectivity index (χ3v) is 4.36. The predicted octanol–water partition coefficient (Wildman–Crippen LogP) is 1.36. The molecule has 0 bridgehead atoms. The van der Waals surface area contributed by atoms with Crippen molar-refractivity contribution in [3.63, 3.8) is 0 Å².